The van der Waals surface area contributed by atoms with Crippen molar-refractivity contribution in [2.24, 2.45) is 23.7 Å². The normalized spacial score (nSPS) is 43.8. The molecule has 0 saturated heterocycles. The van der Waals surface area contributed by atoms with Gasteiger partial charge in [-0.25, -0.2) is 4.79 Å². The predicted molar refractivity (Wildman–Crippen MR) is 48.0 cm³/mol. The van der Waals surface area contributed by atoms with Crippen molar-refractivity contribution < 1.29 is 9.90 Å². The first-order chi connectivity index (χ1) is 6.27. The average molecular weight is 174 g/mol. The number of carboxylic acids is 1. The van der Waals surface area contributed by atoms with E-state index in [9.17, 15) is 4.79 Å². The lowest BCUT2D eigenvalue weighted by Crippen LogP contribution is -2.04. The van der Waals surface area contributed by atoms with Crippen LogP contribution in [0.1, 0.15) is 0 Å². The summed E-state index contributed by atoms with van der Waals surface area (Å²) in [5.74, 6) is 0.663. The van der Waals surface area contributed by atoms with Crippen molar-refractivity contribution in [3.05, 3.63) is 36.0 Å². The molecular formula is C11H10O2. The predicted octanol–water partition coefficient (Wildman–Crippen LogP) is 1.62. The third-order valence-electron chi connectivity index (χ3n) is 3.22. The SMILES string of the molecule is O=C(O)C1=CC2C=CC3C(C=C2)C13. The Morgan fingerprint density at radius 3 is 2.31 bits per heavy atom. The van der Waals surface area contributed by atoms with E-state index in [4.69, 9.17) is 5.11 Å². The first-order valence-corrected chi connectivity index (χ1v) is 4.59. The van der Waals surface area contributed by atoms with Gasteiger partial charge in [0.2, 0.25) is 0 Å². The molecule has 0 aliphatic heterocycles. The molecule has 0 heterocycles. The smallest absolute Gasteiger partial charge is 0.331 e. The van der Waals surface area contributed by atoms with Gasteiger partial charge in [0, 0.05) is 17.4 Å². The zero-order chi connectivity index (χ0) is 9.00. The van der Waals surface area contributed by atoms with Crippen LogP contribution in [-0.4, -0.2) is 11.1 Å². The van der Waals surface area contributed by atoms with E-state index in [1.807, 2.05) is 6.08 Å². The van der Waals surface area contributed by atoms with Gasteiger partial charge in [-0.15, -0.1) is 0 Å². The number of hydrogen-bond donors (Lipinski definition) is 1. The number of carbonyl (C=O) groups is 1. The van der Waals surface area contributed by atoms with Crippen molar-refractivity contribution in [2.75, 3.05) is 0 Å². The van der Waals surface area contributed by atoms with E-state index < -0.39 is 5.97 Å². The Kier molecular flexibility index (Phi) is 1.17. The van der Waals surface area contributed by atoms with Gasteiger partial charge in [-0.2, -0.15) is 0 Å². The summed E-state index contributed by atoms with van der Waals surface area (Å²) in [4.78, 5) is 10.9. The number of rotatable bonds is 1. The maximum absolute atomic E-state index is 10.9. The van der Waals surface area contributed by atoms with Crippen molar-refractivity contribution in [1.82, 2.24) is 0 Å². The van der Waals surface area contributed by atoms with Crippen LogP contribution in [0.3, 0.4) is 0 Å². The van der Waals surface area contributed by atoms with Crippen molar-refractivity contribution in [2.45, 2.75) is 0 Å². The van der Waals surface area contributed by atoms with Gasteiger partial charge in [0.1, 0.15) is 0 Å². The largest absolute Gasteiger partial charge is 0.478 e. The molecule has 4 bridgehead atoms. The van der Waals surface area contributed by atoms with E-state index in [1.165, 1.54) is 0 Å². The Labute approximate surface area is 76.3 Å². The third-order valence-corrected chi connectivity index (χ3v) is 3.22. The molecule has 4 aliphatic rings. The summed E-state index contributed by atoms with van der Waals surface area (Å²) < 4.78 is 0. The molecule has 2 heteroatoms. The second-order valence-electron chi connectivity index (χ2n) is 3.95. The summed E-state index contributed by atoms with van der Waals surface area (Å²) in [5.41, 5.74) is 0.620. The molecule has 0 radical (unpaired) electrons. The van der Waals surface area contributed by atoms with Gasteiger partial charge in [-0.3, -0.25) is 0 Å². The van der Waals surface area contributed by atoms with E-state index >= 15 is 0 Å². The number of aliphatic carboxylic acids is 1. The quantitative estimate of drug-likeness (QED) is 0.613. The van der Waals surface area contributed by atoms with Crippen LogP contribution in [0, 0.1) is 23.7 Å². The van der Waals surface area contributed by atoms with Crippen LogP contribution in [-0.2, 0) is 4.79 Å². The van der Waals surface area contributed by atoms with Crippen molar-refractivity contribution in [1.29, 1.82) is 0 Å². The average Bonchev–Trinajstić information content (AvgIpc) is 2.82. The minimum atomic E-state index is -0.741. The highest BCUT2D eigenvalue weighted by atomic mass is 16.4. The van der Waals surface area contributed by atoms with Crippen LogP contribution < -0.4 is 0 Å². The minimum Gasteiger partial charge on any atom is -0.478 e. The zero-order valence-corrected chi connectivity index (χ0v) is 7.05. The van der Waals surface area contributed by atoms with E-state index in [0.29, 0.717) is 17.4 Å². The Balaban J connectivity index is 2.09. The molecule has 66 valence electrons. The fourth-order valence-electron chi connectivity index (χ4n) is 2.49. The van der Waals surface area contributed by atoms with Gasteiger partial charge in [-0.05, 0) is 11.8 Å². The zero-order valence-electron chi connectivity index (χ0n) is 7.05. The molecular weight excluding hydrogens is 164 g/mol. The summed E-state index contributed by atoms with van der Waals surface area (Å²) in [7, 11) is 0. The summed E-state index contributed by atoms with van der Waals surface area (Å²) >= 11 is 0. The van der Waals surface area contributed by atoms with Crippen LogP contribution in [0.5, 0.6) is 0 Å². The van der Waals surface area contributed by atoms with Crippen LogP contribution in [0.25, 0.3) is 0 Å². The highest BCUT2D eigenvalue weighted by molar-refractivity contribution is 5.89. The lowest BCUT2D eigenvalue weighted by Gasteiger charge is -2.00. The second-order valence-corrected chi connectivity index (χ2v) is 3.95. The second kappa shape index (κ2) is 2.13. The lowest BCUT2D eigenvalue weighted by atomic mass is 10.1. The summed E-state index contributed by atoms with van der Waals surface area (Å²) in [5, 5.41) is 9.00. The fraction of sp³-hybridized carbons (Fsp3) is 0.364. The third kappa shape index (κ3) is 0.857. The number of carboxylic acid groups (broad SMARTS) is 1. The van der Waals surface area contributed by atoms with Crippen molar-refractivity contribution in [3.8, 4) is 0 Å². The molecule has 0 amide bonds. The van der Waals surface area contributed by atoms with Gasteiger partial charge in [0.25, 0.3) is 0 Å². The molecule has 4 rings (SSSR count). The summed E-state index contributed by atoms with van der Waals surface area (Å²) in [6.45, 7) is 0. The van der Waals surface area contributed by atoms with Crippen LogP contribution in [0.2, 0.25) is 0 Å². The minimum absolute atomic E-state index is 0.214. The Morgan fingerprint density at radius 1 is 1.15 bits per heavy atom. The van der Waals surface area contributed by atoms with Crippen LogP contribution >= 0.6 is 0 Å². The van der Waals surface area contributed by atoms with Crippen molar-refractivity contribution in [3.63, 3.8) is 0 Å². The molecule has 4 aliphatic carbocycles. The molecule has 2 nitrogen and oxygen atoms in total. The standard InChI is InChI=1S/C11H10O2/c12-11(13)9-5-6-1-3-7-8(4-2-6)10(7)9/h1-8,10H,(H,12,13). The molecule has 0 aromatic rings. The molecule has 0 aromatic heterocycles. The van der Waals surface area contributed by atoms with Gasteiger partial charge in [-0.1, -0.05) is 30.4 Å². The van der Waals surface area contributed by atoms with E-state index in [2.05, 4.69) is 24.3 Å². The van der Waals surface area contributed by atoms with Crippen LogP contribution in [0.15, 0.2) is 36.0 Å². The van der Waals surface area contributed by atoms with Crippen LogP contribution in [0.4, 0.5) is 0 Å². The number of hydrogen-bond acceptors (Lipinski definition) is 1. The van der Waals surface area contributed by atoms with Gasteiger partial charge < -0.3 is 5.11 Å². The topological polar surface area (TPSA) is 37.3 Å². The highest BCUT2D eigenvalue weighted by Gasteiger charge is 2.52. The van der Waals surface area contributed by atoms with Gasteiger partial charge >= 0.3 is 5.97 Å². The monoisotopic (exact) mass is 174 g/mol. The van der Waals surface area contributed by atoms with Gasteiger partial charge in [0.05, 0.1) is 0 Å². The lowest BCUT2D eigenvalue weighted by molar-refractivity contribution is -0.133. The molecule has 1 N–H and O–H groups in total. The Morgan fingerprint density at radius 2 is 1.77 bits per heavy atom. The molecule has 13 heavy (non-hydrogen) atoms. The van der Waals surface area contributed by atoms with Crippen molar-refractivity contribution >= 4 is 5.97 Å². The first-order valence-electron chi connectivity index (χ1n) is 4.59. The maximum atomic E-state index is 10.9. The molecule has 2 unspecified atom stereocenters. The van der Waals surface area contributed by atoms with E-state index in [1.54, 1.807) is 0 Å². The molecule has 0 aromatic carbocycles. The fourth-order valence-corrected chi connectivity index (χ4v) is 2.49. The van der Waals surface area contributed by atoms with E-state index in [0.717, 1.165) is 0 Å². The maximum Gasteiger partial charge on any atom is 0.331 e. The number of allylic oxidation sites excluding steroid dienone is 5. The Bertz CT molecular complexity index is 342. The van der Waals surface area contributed by atoms with E-state index in [-0.39, 0.29) is 11.8 Å². The Hall–Kier alpha value is -1.31. The first kappa shape index (κ1) is 7.13. The van der Waals surface area contributed by atoms with Gasteiger partial charge in [0.15, 0.2) is 0 Å². The summed E-state index contributed by atoms with van der Waals surface area (Å²) in [6.07, 6.45) is 10.4. The molecule has 2 atom stereocenters. The summed E-state index contributed by atoms with van der Waals surface area (Å²) in [6, 6.07) is 0. The molecule has 1 fully saturated rings. The highest BCUT2D eigenvalue weighted by Crippen LogP contribution is 2.56. The molecule has 0 spiro atoms. The molecule has 1 saturated carbocycles.